The van der Waals surface area contributed by atoms with E-state index in [9.17, 15) is 74.9 Å². The molecule has 608 valence electrons. The smallest absolute Gasteiger partial charge is 0.463 e. The third-order valence-electron chi connectivity index (χ3n) is 20.6. The number of phosphoric acid groups is 1. The van der Waals surface area contributed by atoms with E-state index in [1.807, 2.05) is 0 Å². The van der Waals surface area contributed by atoms with Crippen molar-refractivity contribution in [1.29, 1.82) is 0 Å². The van der Waals surface area contributed by atoms with Gasteiger partial charge in [0.2, 0.25) is 0 Å². The Balaban J connectivity index is 1.69. The minimum Gasteiger partial charge on any atom is -0.463 e. The van der Waals surface area contributed by atoms with E-state index in [0.29, 0.717) is 19.3 Å². The minimum absolute atomic E-state index is 0.0325. The van der Waals surface area contributed by atoms with E-state index >= 15 is 0 Å². The molecular formula is C78H147O24P. The quantitative estimate of drug-likeness (QED) is 0.0117. The molecule has 0 spiro atoms. The first kappa shape index (κ1) is 95.2. The number of aliphatic hydroxyl groups excluding tert-OH is 10. The zero-order valence-electron chi connectivity index (χ0n) is 63.9. The highest BCUT2D eigenvalue weighted by Gasteiger charge is 2.58. The van der Waals surface area contributed by atoms with Gasteiger partial charge in [-0.1, -0.05) is 310 Å². The molecule has 11 N–H and O–H groups in total. The second-order valence-electron chi connectivity index (χ2n) is 29.9. The predicted molar refractivity (Wildman–Crippen MR) is 393 cm³/mol. The predicted octanol–water partition coefficient (Wildman–Crippen LogP) is 12.9. The fourth-order valence-corrected chi connectivity index (χ4v) is 14.9. The molecule has 3 rings (SSSR count). The van der Waals surface area contributed by atoms with Gasteiger partial charge in [-0.15, -0.1) is 0 Å². The molecule has 0 bridgehead atoms. The van der Waals surface area contributed by atoms with E-state index in [0.717, 1.165) is 89.9 Å². The van der Waals surface area contributed by atoms with Crippen molar-refractivity contribution in [2.24, 2.45) is 0 Å². The summed E-state index contributed by atoms with van der Waals surface area (Å²) in [6.07, 6.45) is 19.8. The molecule has 3 fully saturated rings. The largest absolute Gasteiger partial charge is 0.472 e. The molecule has 1 aliphatic carbocycles. The van der Waals surface area contributed by atoms with Crippen molar-refractivity contribution in [2.75, 3.05) is 26.4 Å². The van der Waals surface area contributed by atoms with Crippen molar-refractivity contribution in [1.82, 2.24) is 0 Å². The summed E-state index contributed by atoms with van der Waals surface area (Å²) < 4.78 is 65.3. The van der Waals surface area contributed by atoms with Gasteiger partial charge in [0.05, 0.1) is 13.2 Å². The number of carbonyl (C=O) groups excluding carboxylic acids is 3. The number of carbonyl (C=O) groups is 3. The van der Waals surface area contributed by atoms with Gasteiger partial charge in [-0.3, -0.25) is 23.4 Å². The lowest BCUT2D eigenvalue weighted by molar-refractivity contribution is -0.360. The minimum atomic E-state index is -5.70. The number of unbranched alkanes of at least 4 members (excludes halogenated alkanes) is 45. The van der Waals surface area contributed by atoms with Crippen LogP contribution in [-0.2, 0) is 61.2 Å². The van der Waals surface area contributed by atoms with Gasteiger partial charge < -0.3 is 89.1 Å². The third kappa shape index (κ3) is 42.1. The molecule has 0 aromatic rings. The van der Waals surface area contributed by atoms with Gasteiger partial charge >= 0.3 is 25.7 Å². The number of aliphatic hydroxyl groups is 10. The zero-order chi connectivity index (χ0) is 75.3. The van der Waals surface area contributed by atoms with E-state index in [-0.39, 0.29) is 19.3 Å². The Morgan fingerprint density at radius 1 is 0.340 bits per heavy atom. The lowest BCUT2D eigenvalue weighted by Gasteiger charge is -2.49. The van der Waals surface area contributed by atoms with Crippen LogP contribution >= 0.6 is 7.82 Å². The first-order valence-electron chi connectivity index (χ1n) is 41.3. The molecule has 3 aliphatic rings. The summed E-state index contributed by atoms with van der Waals surface area (Å²) >= 11 is 0. The van der Waals surface area contributed by atoms with E-state index in [4.69, 9.17) is 42.2 Å². The number of rotatable bonds is 66. The first-order chi connectivity index (χ1) is 49.8. The van der Waals surface area contributed by atoms with Gasteiger partial charge in [0.25, 0.3) is 0 Å². The fourth-order valence-electron chi connectivity index (χ4n) is 13.9. The summed E-state index contributed by atoms with van der Waals surface area (Å²) in [7, 11) is -5.70. The van der Waals surface area contributed by atoms with E-state index in [1.165, 1.54) is 199 Å². The first-order valence-corrected chi connectivity index (χ1v) is 42.8. The monoisotopic (exact) mass is 1500 g/mol. The normalized spacial score (nSPS) is 26.8. The molecule has 0 aromatic carbocycles. The van der Waals surface area contributed by atoms with E-state index in [2.05, 4.69) is 20.8 Å². The van der Waals surface area contributed by atoms with Crippen LogP contribution < -0.4 is 0 Å². The summed E-state index contributed by atoms with van der Waals surface area (Å²) in [5, 5.41) is 110. The Kier molecular flexibility index (Phi) is 55.2. The average Bonchev–Trinajstić information content (AvgIpc) is 0.760. The summed E-state index contributed by atoms with van der Waals surface area (Å²) in [6, 6.07) is 0. The van der Waals surface area contributed by atoms with Crippen molar-refractivity contribution in [3.63, 3.8) is 0 Å². The Morgan fingerprint density at radius 3 is 0.951 bits per heavy atom. The second kappa shape index (κ2) is 59.8. The maximum atomic E-state index is 14.4. The van der Waals surface area contributed by atoms with Crippen molar-refractivity contribution in [3.8, 4) is 0 Å². The molecule has 1 saturated carbocycles. The SMILES string of the molecule is CCCCCCCCCCCCCCCCCCC(=O)OCC(COP(=O)(O)OC1C(OC2OC(CO)C(O)C(O)C2O)C(O)C(O)C(O)C1OC1OC(COC(=O)CCCCCCCCCCCCCCCCCC)C(O)C(O)C1O)OC(=O)CCCCCCCCCCCCCCCCCC. The molecule has 18 unspecified atom stereocenters. The third-order valence-corrected chi connectivity index (χ3v) is 21.6. The summed E-state index contributed by atoms with van der Waals surface area (Å²) in [4.78, 5) is 51.2. The number of ether oxygens (including phenoxy) is 7. The van der Waals surface area contributed by atoms with Crippen LogP contribution in [0.3, 0.4) is 0 Å². The van der Waals surface area contributed by atoms with Crippen molar-refractivity contribution < 1.29 is 117 Å². The van der Waals surface area contributed by atoms with Crippen LogP contribution in [0.25, 0.3) is 0 Å². The van der Waals surface area contributed by atoms with E-state index in [1.54, 1.807) is 0 Å². The van der Waals surface area contributed by atoms with Gasteiger partial charge in [-0.25, -0.2) is 4.57 Å². The van der Waals surface area contributed by atoms with Gasteiger partial charge in [0.15, 0.2) is 18.7 Å². The molecule has 2 heterocycles. The van der Waals surface area contributed by atoms with Crippen LogP contribution in [0.1, 0.15) is 348 Å². The van der Waals surface area contributed by atoms with Crippen LogP contribution in [0.4, 0.5) is 0 Å². The van der Waals surface area contributed by atoms with E-state index < -0.39 is 156 Å². The fraction of sp³-hybridized carbons (Fsp3) is 0.962. The van der Waals surface area contributed by atoms with Crippen LogP contribution in [0.5, 0.6) is 0 Å². The Hall–Kier alpha value is -2.04. The summed E-state index contributed by atoms with van der Waals surface area (Å²) in [5.74, 6) is -1.96. The highest BCUT2D eigenvalue weighted by Crippen LogP contribution is 2.49. The lowest BCUT2D eigenvalue weighted by Crippen LogP contribution is -2.69. The Labute approximate surface area is 619 Å². The molecule has 18 atom stereocenters. The summed E-state index contributed by atoms with van der Waals surface area (Å²) in [5.41, 5.74) is 0. The second-order valence-corrected chi connectivity index (χ2v) is 31.3. The van der Waals surface area contributed by atoms with Gasteiger partial charge in [0.1, 0.15) is 98.7 Å². The molecule has 2 aliphatic heterocycles. The standard InChI is InChI=1S/C78H147O24P/c1-4-7-10-13-16-19-22-25-28-31-34-37-40-43-46-49-52-62(80)94-56-59(97-64(82)54-51-48-45-42-39-36-33-30-27-24-21-18-15-12-9-6-3)57-96-103(92,93)102-76-74(100-77-72(90)67(85)65(83)60(55-79)98-77)70(88)69(87)71(89)75(76)101-78-73(91)68(86)66(84)61(99-78)58-95-63(81)53-50-47-44-41-38-35-32-29-26-23-20-17-14-11-8-5-2/h59-61,65-79,83-91H,4-58H2,1-3H3,(H,92,93). The molecule has 2 saturated heterocycles. The number of phosphoric ester groups is 1. The van der Waals surface area contributed by atoms with Crippen LogP contribution in [-0.4, -0.2) is 204 Å². The Morgan fingerprint density at radius 2 is 0.621 bits per heavy atom. The number of hydrogen-bond donors (Lipinski definition) is 11. The Bertz CT molecular complexity index is 2120. The molecule has 0 aromatic heterocycles. The number of esters is 3. The van der Waals surface area contributed by atoms with Gasteiger partial charge in [0, 0.05) is 19.3 Å². The molecular weight excluding hydrogens is 1350 g/mol. The van der Waals surface area contributed by atoms with Crippen molar-refractivity contribution >= 4 is 25.7 Å². The molecule has 103 heavy (non-hydrogen) atoms. The van der Waals surface area contributed by atoms with Crippen LogP contribution in [0.15, 0.2) is 0 Å². The molecule has 24 nitrogen and oxygen atoms in total. The number of hydrogen-bond acceptors (Lipinski definition) is 23. The van der Waals surface area contributed by atoms with Crippen molar-refractivity contribution in [2.45, 2.75) is 452 Å². The van der Waals surface area contributed by atoms with Gasteiger partial charge in [-0.05, 0) is 19.3 Å². The zero-order valence-corrected chi connectivity index (χ0v) is 64.8. The average molecular weight is 1500 g/mol. The van der Waals surface area contributed by atoms with Crippen LogP contribution in [0, 0.1) is 0 Å². The van der Waals surface area contributed by atoms with Crippen LogP contribution in [0.2, 0.25) is 0 Å². The highest BCUT2D eigenvalue weighted by molar-refractivity contribution is 7.47. The van der Waals surface area contributed by atoms with Gasteiger partial charge in [-0.2, -0.15) is 0 Å². The van der Waals surface area contributed by atoms with Crippen molar-refractivity contribution in [3.05, 3.63) is 0 Å². The topological polar surface area (TPSA) is 374 Å². The highest BCUT2D eigenvalue weighted by atomic mass is 31.2. The molecule has 0 radical (unpaired) electrons. The maximum absolute atomic E-state index is 14.4. The summed E-state index contributed by atoms with van der Waals surface area (Å²) in [6.45, 7) is 3.52. The molecule has 25 heteroatoms. The maximum Gasteiger partial charge on any atom is 0.472 e. The molecule has 0 amide bonds. The lowest BCUT2D eigenvalue weighted by atomic mass is 9.84.